The van der Waals surface area contributed by atoms with Gasteiger partial charge in [-0.3, -0.25) is 0 Å². The Morgan fingerprint density at radius 2 is 1.85 bits per heavy atom. The number of rotatable bonds is 2. The highest BCUT2D eigenvalue weighted by Crippen LogP contribution is 2.21. The highest BCUT2D eigenvalue weighted by molar-refractivity contribution is 5.42. The van der Waals surface area contributed by atoms with Crippen LogP contribution >= 0.6 is 0 Å². The molecule has 0 radical (unpaired) electrons. The molecule has 0 heterocycles. The van der Waals surface area contributed by atoms with E-state index in [1.165, 1.54) is 16.7 Å². The van der Waals surface area contributed by atoms with E-state index in [1.54, 1.807) is 7.11 Å². The van der Waals surface area contributed by atoms with Gasteiger partial charge in [-0.05, 0) is 42.7 Å². The maximum Gasteiger partial charge on any atom is 0.119 e. The van der Waals surface area contributed by atoms with Gasteiger partial charge in [0.15, 0.2) is 0 Å². The third-order valence-electron chi connectivity index (χ3n) is 2.18. The molecule has 1 heteroatoms. The van der Waals surface area contributed by atoms with Crippen LogP contribution in [-0.4, -0.2) is 7.11 Å². The van der Waals surface area contributed by atoms with Gasteiger partial charge in [0.25, 0.3) is 0 Å². The first-order valence-electron chi connectivity index (χ1n) is 4.26. The van der Waals surface area contributed by atoms with Crippen molar-refractivity contribution in [1.82, 2.24) is 0 Å². The topological polar surface area (TPSA) is 9.23 Å². The molecule has 0 saturated heterocycles. The van der Waals surface area contributed by atoms with Crippen LogP contribution in [0.2, 0.25) is 0 Å². The van der Waals surface area contributed by atoms with E-state index in [9.17, 15) is 0 Å². The van der Waals surface area contributed by atoms with Crippen molar-refractivity contribution in [2.24, 2.45) is 0 Å². The number of hydrogen-bond donors (Lipinski definition) is 0. The lowest BCUT2D eigenvalue weighted by Crippen LogP contribution is -1.94. The van der Waals surface area contributed by atoms with Gasteiger partial charge in [-0.1, -0.05) is 0 Å². The first-order chi connectivity index (χ1) is 6.19. The molecule has 0 aromatic heterocycles. The smallest absolute Gasteiger partial charge is 0.119 e. The molecule has 0 spiro atoms. The molecule has 0 aliphatic rings. The maximum absolute atomic E-state index is 5.29. The van der Waals surface area contributed by atoms with Crippen molar-refractivity contribution >= 4 is 0 Å². The summed E-state index contributed by atoms with van der Waals surface area (Å²) in [5.74, 6) is 3.56. The van der Waals surface area contributed by atoms with Gasteiger partial charge in [0, 0.05) is 6.42 Å². The molecule has 0 aliphatic heterocycles. The van der Waals surface area contributed by atoms with Gasteiger partial charge >= 0.3 is 0 Å². The zero-order valence-corrected chi connectivity index (χ0v) is 8.35. The average Bonchev–Trinajstić information content (AvgIpc) is 2.11. The number of benzene rings is 1. The number of ether oxygens (including phenoxy) is 1. The van der Waals surface area contributed by atoms with Gasteiger partial charge in [0.05, 0.1) is 7.11 Å². The van der Waals surface area contributed by atoms with Crippen molar-refractivity contribution in [3.8, 4) is 18.1 Å². The largest absolute Gasteiger partial charge is 0.497 e. The molecule has 13 heavy (non-hydrogen) atoms. The molecule has 0 saturated carbocycles. The highest BCUT2D eigenvalue weighted by atomic mass is 16.5. The Morgan fingerprint density at radius 3 is 2.23 bits per heavy atom. The van der Waals surface area contributed by atoms with Crippen LogP contribution in [0.1, 0.15) is 16.7 Å². The summed E-state index contributed by atoms with van der Waals surface area (Å²) in [4.78, 5) is 0. The average molecular weight is 174 g/mol. The second-order valence-electron chi connectivity index (χ2n) is 3.12. The molecule has 1 rings (SSSR count). The predicted molar refractivity (Wildman–Crippen MR) is 55.0 cm³/mol. The van der Waals surface area contributed by atoms with Crippen molar-refractivity contribution in [3.05, 3.63) is 28.8 Å². The van der Waals surface area contributed by atoms with Crippen LogP contribution in [0.3, 0.4) is 0 Å². The Kier molecular flexibility index (Phi) is 2.97. The van der Waals surface area contributed by atoms with Crippen LogP contribution in [0.4, 0.5) is 0 Å². The summed E-state index contributed by atoms with van der Waals surface area (Å²) in [5, 5.41) is 0. The second-order valence-corrected chi connectivity index (χ2v) is 3.12. The van der Waals surface area contributed by atoms with Crippen molar-refractivity contribution in [2.75, 3.05) is 7.11 Å². The van der Waals surface area contributed by atoms with Gasteiger partial charge in [-0.15, -0.1) is 12.3 Å². The Morgan fingerprint density at radius 1 is 1.31 bits per heavy atom. The normalized spacial score (nSPS) is 9.38. The summed E-state index contributed by atoms with van der Waals surface area (Å²) in [6, 6.07) is 4.03. The van der Waals surface area contributed by atoms with E-state index < -0.39 is 0 Å². The Balaban J connectivity index is 3.16. The number of hydrogen-bond acceptors (Lipinski definition) is 1. The Hall–Kier alpha value is -1.42. The first kappa shape index (κ1) is 9.67. The van der Waals surface area contributed by atoms with Crippen LogP contribution < -0.4 is 4.74 Å². The second kappa shape index (κ2) is 4.00. The number of terminal acetylenes is 1. The quantitative estimate of drug-likeness (QED) is 0.626. The molecule has 1 aromatic carbocycles. The fourth-order valence-corrected chi connectivity index (χ4v) is 1.45. The molecule has 0 unspecified atom stereocenters. The zero-order chi connectivity index (χ0) is 9.84. The molecule has 0 aliphatic carbocycles. The van der Waals surface area contributed by atoms with E-state index in [0.29, 0.717) is 6.42 Å². The molecule has 0 N–H and O–H groups in total. The third kappa shape index (κ3) is 2.03. The van der Waals surface area contributed by atoms with Crippen LogP contribution in [0.15, 0.2) is 12.1 Å². The third-order valence-corrected chi connectivity index (χ3v) is 2.18. The van der Waals surface area contributed by atoms with E-state index in [-0.39, 0.29) is 0 Å². The molecule has 0 fully saturated rings. The summed E-state index contributed by atoms with van der Waals surface area (Å²) in [5.41, 5.74) is 3.65. The van der Waals surface area contributed by atoms with Crippen LogP contribution in [0, 0.1) is 26.2 Å². The first-order valence-corrected chi connectivity index (χ1v) is 4.26. The molecule has 1 aromatic rings. The van der Waals surface area contributed by atoms with Crippen molar-refractivity contribution in [3.63, 3.8) is 0 Å². The number of methoxy groups -OCH3 is 1. The van der Waals surface area contributed by atoms with Gasteiger partial charge in [-0.25, -0.2) is 0 Å². The van der Waals surface area contributed by atoms with Crippen LogP contribution in [0.5, 0.6) is 5.75 Å². The minimum Gasteiger partial charge on any atom is -0.497 e. The minimum absolute atomic E-state index is 0.696. The SMILES string of the molecule is C#CCc1c(C)cc(OC)cc1C. The van der Waals surface area contributed by atoms with E-state index in [2.05, 4.69) is 19.8 Å². The summed E-state index contributed by atoms with van der Waals surface area (Å²) in [6.07, 6.45) is 5.98. The lowest BCUT2D eigenvalue weighted by atomic mass is 10.00. The monoisotopic (exact) mass is 174 g/mol. The van der Waals surface area contributed by atoms with E-state index in [1.807, 2.05) is 12.1 Å². The lowest BCUT2D eigenvalue weighted by Gasteiger charge is -2.09. The molecule has 68 valence electrons. The lowest BCUT2D eigenvalue weighted by molar-refractivity contribution is 0.414. The van der Waals surface area contributed by atoms with Gasteiger partial charge in [0.1, 0.15) is 5.75 Å². The van der Waals surface area contributed by atoms with Crippen molar-refractivity contribution in [2.45, 2.75) is 20.3 Å². The molecule has 0 amide bonds. The van der Waals surface area contributed by atoms with Gasteiger partial charge < -0.3 is 4.74 Å². The summed E-state index contributed by atoms with van der Waals surface area (Å²) >= 11 is 0. The van der Waals surface area contributed by atoms with Crippen LogP contribution in [-0.2, 0) is 6.42 Å². The molecular weight excluding hydrogens is 160 g/mol. The molecule has 1 nitrogen and oxygen atoms in total. The fourth-order valence-electron chi connectivity index (χ4n) is 1.45. The summed E-state index contributed by atoms with van der Waals surface area (Å²) in [7, 11) is 1.68. The summed E-state index contributed by atoms with van der Waals surface area (Å²) < 4.78 is 5.16. The maximum atomic E-state index is 5.29. The van der Waals surface area contributed by atoms with Gasteiger partial charge in [-0.2, -0.15) is 0 Å². The van der Waals surface area contributed by atoms with E-state index in [4.69, 9.17) is 11.2 Å². The predicted octanol–water partition coefficient (Wildman–Crippen LogP) is 2.49. The fraction of sp³-hybridized carbons (Fsp3) is 0.333. The number of aryl methyl sites for hydroxylation is 2. The molecule has 0 atom stereocenters. The van der Waals surface area contributed by atoms with E-state index >= 15 is 0 Å². The highest BCUT2D eigenvalue weighted by Gasteiger charge is 2.03. The summed E-state index contributed by atoms with van der Waals surface area (Å²) in [6.45, 7) is 4.12. The van der Waals surface area contributed by atoms with E-state index in [0.717, 1.165) is 5.75 Å². The van der Waals surface area contributed by atoms with Crippen molar-refractivity contribution < 1.29 is 4.74 Å². The Bertz CT molecular complexity index is 322. The molecular formula is C12H14O. The standard InChI is InChI=1S/C12H14O/c1-5-6-12-9(2)7-11(13-4)8-10(12)3/h1,7-8H,6H2,2-4H3. The Labute approximate surface area is 79.7 Å². The van der Waals surface area contributed by atoms with Crippen molar-refractivity contribution in [1.29, 1.82) is 0 Å². The molecule has 0 bridgehead atoms. The van der Waals surface area contributed by atoms with Crippen LogP contribution in [0.25, 0.3) is 0 Å². The van der Waals surface area contributed by atoms with Gasteiger partial charge in [0.2, 0.25) is 0 Å². The minimum atomic E-state index is 0.696. The zero-order valence-electron chi connectivity index (χ0n) is 8.35.